The fourth-order valence-corrected chi connectivity index (χ4v) is 2.19. The van der Waals surface area contributed by atoms with Crippen LogP contribution < -0.4 is 5.32 Å². The van der Waals surface area contributed by atoms with E-state index in [1.54, 1.807) is 18.2 Å². The summed E-state index contributed by atoms with van der Waals surface area (Å²) in [6, 6.07) is 6.36. The lowest BCUT2D eigenvalue weighted by atomic mass is 10.3. The molecule has 2 aromatic rings. The predicted octanol–water partition coefficient (Wildman–Crippen LogP) is 2.92. The van der Waals surface area contributed by atoms with Gasteiger partial charge in [-0.1, -0.05) is 29.3 Å². The number of carbonyl (C=O) groups is 2. The summed E-state index contributed by atoms with van der Waals surface area (Å²) in [7, 11) is 0. The molecule has 0 spiro atoms. The Morgan fingerprint density at radius 2 is 1.90 bits per heavy atom. The van der Waals surface area contributed by atoms with Crippen LogP contribution in [0.1, 0.15) is 16.9 Å². The number of nitrogens with one attached hydrogen (secondary N) is 1. The largest absolute Gasteiger partial charge is 0.481 e. The van der Waals surface area contributed by atoms with Crippen LogP contribution in [0.4, 0.5) is 5.69 Å². The highest BCUT2D eigenvalue weighted by Gasteiger charge is 2.15. The van der Waals surface area contributed by atoms with Crippen molar-refractivity contribution in [1.29, 1.82) is 0 Å². The van der Waals surface area contributed by atoms with Crippen molar-refractivity contribution < 1.29 is 14.7 Å². The number of aromatic nitrogens is 2. The Kier molecular flexibility index (Phi) is 4.82. The first kappa shape index (κ1) is 15.3. The molecular weight excluding hydrogens is 317 g/mol. The molecule has 110 valence electrons. The lowest BCUT2D eigenvalue weighted by molar-refractivity contribution is -0.137. The standard InChI is InChI=1S/C13H11Cl2N3O3/c14-8-2-1-3-9(15)12(8)17-13(21)10-4-6-16-18(10)7-5-11(19)20/h1-4,6H,5,7H2,(H,17,21)(H,19,20). The Hall–Kier alpha value is -2.05. The molecule has 1 heterocycles. The zero-order valence-corrected chi connectivity index (χ0v) is 12.2. The number of carbonyl (C=O) groups excluding carboxylic acids is 1. The fourth-order valence-electron chi connectivity index (χ4n) is 1.70. The molecule has 8 heteroatoms. The second-order valence-electron chi connectivity index (χ2n) is 4.13. The maximum atomic E-state index is 12.2. The number of hydrogen-bond donors (Lipinski definition) is 2. The summed E-state index contributed by atoms with van der Waals surface area (Å²) in [6.07, 6.45) is 1.29. The van der Waals surface area contributed by atoms with Gasteiger partial charge in [-0.25, -0.2) is 0 Å². The van der Waals surface area contributed by atoms with Crippen molar-refractivity contribution in [2.24, 2.45) is 0 Å². The Labute approximate surface area is 130 Å². The second kappa shape index (κ2) is 6.60. The first-order chi connectivity index (χ1) is 9.99. The van der Waals surface area contributed by atoms with Gasteiger partial charge in [-0.15, -0.1) is 0 Å². The summed E-state index contributed by atoms with van der Waals surface area (Å²) < 4.78 is 1.31. The smallest absolute Gasteiger partial charge is 0.305 e. The van der Waals surface area contributed by atoms with Crippen LogP contribution >= 0.6 is 23.2 Å². The topological polar surface area (TPSA) is 84.2 Å². The number of carboxylic acid groups (broad SMARTS) is 1. The molecule has 1 aromatic heterocycles. The molecule has 2 rings (SSSR count). The number of rotatable bonds is 5. The lowest BCUT2D eigenvalue weighted by Crippen LogP contribution is -2.19. The summed E-state index contributed by atoms with van der Waals surface area (Å²) >= 11 is 12.0. The van der Waals surface area contributed by atoms with Crippen LogP contribution in [0.5, 0.6) is 0 Å². The highest BCUT2D eigenvalue weighted by molar-refractivity contribution is 6.39. The molecule has 0 radical (unpaired) electrons. The minimum Gasteiger partial charge on any atom is -0.481 e. The van der Waals surface area contributed by atoms with E-state index in [1.165, 1.54) is 16.9 Å². The molecule has 0 atom stereocenters. The molecule has 0 fully saturated rings. The van der Waals surface area contributed by atoms with Crippen LogP contribution in [0.3, 0.4) is 0 Å². The Bertz CT molecular complexity index is 665. The van der Waals surface area contributed by atoms with E-state index in [0.717, 1.165) is 0 Å². The molecular formula is C13H11Cl2N3O3. The van der Waals surface area contributed by atoms with E-state index < -0.39 is 11.9 Å². The van der Waals surface area contributed by atoms with Gasteiger partial charge in [0, 0.05) is 6.20 Å². The minimum atomic E-state index is -0.967. The monoisotopic (exact) mass is 327 g/mol. The van der Waals surface area contributed by atoms with Gasteiger partial charge in [-0.2, -0.15) is 5.10 Å². The van der Waals surface area contributed by atoms with Gasteiger partial charge in [0.15, 0.2) is 0 Å². The average Bonchev–Trinajstić information content (AvgIpc) is 2.89. The van der Waals surface area contributed by atoms with E-state index in [-0.39, 0.29) is 18.7 Å². The van der Waals surface area contributed by atoms with E-state index in [0.29, 0.717) is 15.7 Å². The number of benzene rings is 1. The molecule has 6 nitrogen and oxygen atoms in total. The molecule has 0 bridgehead atoms. The quantitative estimate of drug-likeness (QED) is 0.884. The molecule has 0 saturated heterocycles. The Morgan fingerprint density at radius 3 is 2.52 bits per heavy atom. The molecule has 2 N–H and O–H groups in total. The molecule has 0 saturated carbocycles. The number of nitrogens with zero attached hydrogens (tertiary/aromatic N) is 2. The summed E-state index contributed by atoms with van der Waals surface area (Å²) in [4.78, 5) is 22.8. The van der Waals surface area contributed by atoms with Crippen LogP contribution in [-0.2, 0) is 11.3 Å². The molecule has 1 aromatic carbocycles. The Morgan fingerprint density at radius 1 is 1.24 bits per heavy atom. The van der Waals surface area contributed by atoms with Gasteiger partial charge in [0.2, 0.25) is 0 Å². The van der Waals surface area contributed by atoms with Crippen LogP contribution in [0.2, 0.25) is 10.0 Å². The summed E-state index contributed by atoms with van der Waals surface area (Å²) in [5, 5.41) is 15.8. The van der Waals surface area contributed by atoms with E-state index in [9.17, 15) is 9.59 Å². The van der Waals surface area contributed by atoms with Crippen molar-refractivity contribution in [1.82, 2.24) is 9.78 Å². The van der Waals surface area contributed by atoms with Crippen molar-refractivity contribution >= 4 is 40.8 Å². The first-order valence-corrected chi connectivity index (χ1v) is 6.73. The van der Waals surface area contributed by atoms with Gasteiger partial charge >= 0.3 is 5.97 Å². The zero-order valence-electron chi connectivity index (χ0n) is 10.7. The number of halogens is 2. The molecule has 1 amide bonds. The van der Waals surface area contributed by atoms with Crippen molar-refractivity contribution in [3.8, 4) is 0 Å². The van der Waals surface area contributed by atoms with E-state index in [2.05, 4.69) is 10.4 Å². The number of carboxylic acids is 1. The third kappa shape index (κ3) is 3.74. The van der Waals surface area contributed by atoms with Gasteiger partial charge in [-0.05, 0) is 18.2 Å². The third-order valence-electron chi connectivity index (χ3n) is 2.69. The van der Waals surface area contributed by atoms with Crippen LogP contribution in [0.15, 0.2) is 30.5 Å². The van der Waals surface area contributed by atoms with Crippen molar-refractivity contribution in [3.63, 3.8) is 0 Å². The van der Waals surface area contributed by atoms with E-state index in [1.807, 2.05) is 0 Å². The maximum Gasteiger partial charge on any atom is 0.305 e. The van der Waals surface area contributed by atoms with Gasteiger partial charge in [0.25, 0.3) is 5.91 Å². The van der Waals surface area contributed by atoms with Crippen molar-refractivity contribution in [3.05, 3.63) is 46.2 Å². The SMILES string of the molecule is O=C(O)CCn1nccc1C(=O)Nc1c(Cl)cccc1Cl. The Balaban J connectivity index is 2.18. The van der Waals surface area contributed by atoms with E-state index >= 15 is 0 Å². The number of amides is 1. The second-order valence-corrected chi connectivity index (χ2v) is 4.95. The third-order valence-corrected chi connectivity index (χ3v) is 3.32. The number of hydrogen-bond acceptors (Lipinski definition) is 3. The van der Waals surface area contributed by atoms with Crippen molar-refractivity contribution in [2.75, 3.05) is 5.32 Å². The normalized spacial score (nSPS) is 10.4. The molecule has 0 aliphatic rings. The zero-order chi connectivity index (χ0) is 15.4. The van der Waals surface area contributed by atoms with Crippen LogP contribution in [0.25, 0.3) is 0 Å². The molecule has 21 heavy (non-hydrogen) atoms. The van der Waals surface area contributed by atoms with Crippen molar-refractivity contribution in [2.45, 2.75) is 13.0 Å². The highest BCUT2D eigenvalue weighted by atomic mass is 35.5. The minimum absolute atomic E-state index is 0.0986. The summed E-state index contributed by atoms with van der Waals surface area (Å²) in [5.74, 6) is -1.43. The van der Waals surface area contributed by atoms with Crippen LogP contribution in [0, 0.1) is 0 Å². The summed E-state index contributed by atoms with van der Waals surface area (Å²) in [5.41, 5.74) is 0.532. The number of aryl methyl sites for hydroxylation is 1. The first-order valence-electron chi connectivity index (χ1n) is 5.98. The van der Waals surface area contributed by atoms with Gasteiger partial charge in [0.05, 0.1) is 28.7 Å². The molecule has 0 aliphatic carbocycles. The van der Waals surface area contributed by atoms with Gasteiger partial charge < -0.3 is 10.4 Å². The average molecular weight is 328 g/mol. The number of para-hydroxylation sites is 1. The van der Waals surface area contributed by atoms with Gasteiger partial charge in [-0.3, -0.25) is 14.3 Å². The molecule has 0 unspecified atom stereocenters. The molecule has 0 aliphatic heterocycles. The number of anilines is 1. The highest BCUT2D eigenvalue weighted by Crippen LogP contribution is 2.30. The van der Waals surface area contributed by atoms with Crippen LogP contribution in [-0.4, -0.2) is 26.8 Å². The predicted molar refractivity (Wildman–Crippen MR) is 78.9 cm³/mol. The lowest BCUT2D eigenvalue weighted by Gasteiger charge is -2.10. The number of aliphatic carboxylic acids is 1. The van der Waals surface area contributed by atoms with Gasteiger partial charge in [0.1, 0.15) is 5.69 Å². The summed E-state index contributed by atoms with van der Waals surface area (Å²) in [6.45, 7) is 0.0986. The fraction of sp³-hybridized carbons (Fsp3) is 0.154. The van der Waals surface area contributed by atoms with E-state index in [4.69, 9.17) is 28.3 Å². The maximum absolute atomic E-state index is 12.2.